The normalized spacial score (nSPS) is 18.1. The first-order valence-electron chi connectivity index (χ1n) is 5.53. The SMILES string of the molecule is NCCCOC1CCN(C(=O)C(F)F)CC1. The molecule has 2 N–H and O–H groups in total. The number of hydrogen-bond acceptors (Lipinski definition) is 3. The van der Waals surface area contributed by atoms with Crippen LogP contribution in [0, 0.1) is 0 Å². The van der Waals surface area contributed by atoms with Gasteiger partial charge in [0.1, 0.15) is 0 Å². The number of ether oxygens (including phenoxy) is 1. The molecule has 6 heteroatoms. The average molecular weight is 236 g/mol. The summed E-state index contributed by atoms with van der Waals surface area (Å²) in [5, 5.41) is 0. The highest BCUT2D eigenvalue weighted by molar-refractivity contribution is 5.79. The summed E-state index contributed by atoms with van der Waals surface area (Å²) in [5.41, 5.74) is 5.32. The highest BCUT2D eigenvalue weighted by Crippen LogP contribution is 2.15. The van der Waals surface area contributed by atoms with Crippen LogP contribution >= 0.6 is 0 Å². The number of amides is 1. The van der Waals surface area contributed by atoms with Gasteiger partial charge in [-0.2, -0.15) is 8.78 Å². The largest absolute Gasteiger partial charge is 0.378 e. The zero-order valence-corrected chi connectivity index (χ0v) is 9.20. The van der Waals surface area contributed by atoms with E-state index in [2.05, 4.69) is 0 Å². The van der Waals surface area contributed by atoms with Crippen molar-refractivity contribution < 1.29 is 18.3 Å². The second kappa shape index (κ2) is 6.75. The third-order valence-corrected chi connectivity index (χ3v) is 2.64. The maximum atomic E-state index is 12.1. The number of rotatable bonds is 5. The summed E-state index contributed by atoms with van der Waals surface area (Å²) >= 11 is 0. The molecule has 16 heavy (non-hydrogen) atoms. The Labute approximate surface area is 93.7 Å². The molecule has 0 saturated carbocycles. The number of alkyl halides is 2. The summed E-state index contributed by atoms with van der Waals surface area (Å²) in [5.74, 6) is -1.07. The first-order valence-corrected chi connectivity index (χ1v) is 5.53. The van der Waals surface area contributed by atoms with Crippen molar-refractivity contribution in [2.45, 2.75) is 31.8 Å². The van der Waals surface area contributed by atoms with Gasteiger partial charge in [-0.05, 0) is 25.8 Å². The van der Waals surface area contributed by atoms with Crippen LogP contribution in [0.4, 0.5) is 8.78 Å². The molecule has 1 heterocycles. The monoisotopic (exact) mass is 236 g/mol. The van der Waals surface area contributed by atoms with Gasteiger partial charge in [0, 0.05) is 19.7 Å². The Kier molecular flexibility index (Phi) is 5.62. The van der Waals surface area contributed by atoms with E-state index in [-0.39, 0.29) is 6.10 Å². The van der Waals surface area contributed by atoms with Crippen LogP contribution in [0.1, 0.15) is 19.3 Å². The number of nitrogens with two attached hydrogens (primary N) is 1. The van der Waals surface area contributed by atoms with Crippen molar-refractivity contribution in [2.24, 2.45) is 5.73 Å². The van der Waals surface area contributed by atoms with Gasteiger partial charge < -0.3 is 15.4 Å². The molecule has 1 saturated heterocycles. The van der Waals surface area contributed by atoms with E-state index in [9.17, 15) is 13.6 Å². The number of carbonyl (C=O) groups excluding carboxylic acids is 1. The Morgan fingerprint density at radius 2 is 2.06 bits per heavy atom. The van der Waals surface area contributed by atoms with Crippen molar-refractivity contribution in [3.05, 3.63) is 0 Å². The lowest BCUT2D eigenvalue weighted by Gasteiger charge is -2.31. The summed E-state index contributed by atoms with van der Waals surface area (Å²) in [4.78, 5) is 12.2. The van der Waals surface area contributed by atoms with Crippen LogP contribution in [0.3, 0.4) is 0 Å². The third-order valence-electron chi connectivity index (χ3n) is 2.64. The molecule has 1 rings (SSSR count). The van der Waals surface area contributed by atoms with E-state index in [1.165, 1.54) is 4.90 Å². The molecule has 0 unspecified atom stereocenters. The minimum absolute atomic E-state index is 0.0771. The molecule has 0 aromatic heterocycles. The van der Waals surface area contributed by atoms with E-state index in [1.54, 1.807) is 0 Å². The maximum Gasteiger partial charge on any atom is 0.315 e. The molecule has 1 fully saturated rings. The lowest BCUT2D eigenvalue weighted by atomic mass is 10.1. The number of nitrogens with zero attached hydrogens (tertiary/aromatic N) is 1. The fourth-order valence-electron chi connectivity index (χ4n) is 1.71. The summed E-state index contributed by atoms with van der Waals surface area (Å²) in [6.07, 6.45) is -0.759. The molecule has 94 valence electrons. The summed E-state index contributed by atoms with van der Waals surface area (Å²) in [6.45, 7) is 1.90. The zero-order chi connectivity index (χ0) is 12.0. The van der Waals surface area contributed by atoms with Crippen LogP contribution in [0.15, 0.2) is 0 Å². The van der Waals surface area contributed by atoms with Gasteiger partial charge in [0.15, 0.2) is 0 Å². The van der Waals surface area contributed by atoms with E-state index in [4.69, 9.17) is 10.5 Å². The number of hydrogen-bond donors (Lipinski definition) is 1. The smallest absolute Gasteiger partial charge is 0.315 e. The average Bonchev–Trinajstić information content (AvgIpc) is 2.29. The van der Waals surface area contributed by atoms with Crippen molar-refractivity contribution >= 4 is 5.91 Å². The molecule has 0 atom stereocenters. The van der Waals surface area contributed by atoms with Crippen LogP contribution in [0.25, 0.3) is 0 Å². The van der Waals surface area contributed by atoms with E-state index in [1.807, 2.05) is 0 Å². The molecule has 0 radical (unpaired) electrons. The number of halogens is 2. The number of piperidine rings is 1. The van der Waals surface area contributed by atoms with Gasteiger partial charge in [-0.25, -0.2) is 0 Å². The van der Waals surface area contributed by atoms with Gasteiger partial charge >= 0.3 is 6.43 Å². The van der Waals surface area contributed by atoms with Gasteiger partial charge in [0.2, 0.25) is 0 Å². The summed E-state index contributed by atoms with van der Waals surface area (Å²) in [6, 6.07) is 0. The van der Waals surface area contributed by atoms with Gasteiger partial charge in [-0.3, -0.25) is 4.79 Å². The maximum absolute atomic E-state index is 12.1. The third kappa shape index (κ3) is 4.02. The molecule has 1 aliphatic heterocycles. The van der Waals surface area contributed by atoms with E-state index < -0.39 is 12.3 Å². The van der Waals surface area contributed by atoms with E-state index >= 15 is 0 Å². The quantitative estimate of drug-likeness (QED) is 0.711. The van der Waals surface area contributed by atoms with Gasteiger partial charge in [0.05, 0.1) is 6.10 Å². The lowest BCUT2D eigenvalue weighted by Crippen LogP contribution is -2.43. The van der Waals surface area contributed by atoms with Crippen molar-refractivity contribution in [3.8, 4) is 0 Å². The van der Waals surface area contributed by atoms with Crippen molar-refractivity contribution in [1.82, 2.24) is 4.90 Å². The summed E-state index contributed by atoms with van der Waals surface area (Å²) in [7, 11) is 0. The predicted molar refractivity (Wildman–Crippen MR) is 55.2 cm³/mol. The van der Waals surface area contributed by atoms with Gasteiger partial charge in [0.25, 0.3) is 5.91 Å². The number of carbonyl (C=O) groups is 1. The standard InChI is InChI=1S/C10H18F2N2O2/c11-9(12)10(15)14-5-2-8(3-6-14)16-7-1-4-13/h8-9H,1-7,13H2. The molecule has 0 aromatic carbocycles. The van der Waals surface area contributed by atoms with Crippen LogP contribution in [0.5, 0.6) is 0 Å². The van der Waals surface area contributed by atoms with E-state index in [0.29, 0.717) is 39.1 Å². The van der Waals surface area contributed by atoms with E-state index in [0.717, 1.165) is 6.42 Å². The fourth-order valence-corrected chi connectivity index (χ4v) is 1.71. The molecule has 0 spiro atoms. The van der Waals surface area contributed by atoms with Crippen LogP contribution in [0.2, 0.25) is 0 Å². The Hall–Kier alpha value is -0.750. The molecule has 0 bridgehead atoms. The molecule has 0 aromatic rings. The van der Waals surface area contributed by atoms with Crippen molar-refractivity contribution in [2.75, 3.05) is 26.2 Å². The Bertz CT molecular complexity index is 219. The Morgan fingerprint density at radius 3 is 2.56 bits per heavy atom. The number of likely N-dealkylation sites (tertiary alicyclic amines) is 1. The molecular formula is C10H18F2N2O2. The topological polar surface area (TPSA) is 55.6 Å². The minimum Gasteiger partial charge on any atom is -0.378 e. The first-order chi connectivity index (χ1) is 7.65. The molecule has 1 amide bonds. The molecule has 1 aliphatic rings. The first kappa shape index (κ1) is 13.3. The minimum atomic E-state index is -2.89. The molecular weight excluding hydrogens is 218 g/mol. The highest BCUT2D eigenvalue weighted by Gasteiger charge is 2.27. The second-order valence-corrected chi connectivity index (χ2v) is 3.84. The van der Waals surface area contributed by atoms with Crippen LogP contribution < -0.4 is 5.73 Å². The van der Waals surface area contributed by atoms with Crippen LogP contribution in [-0.2, 0) is 9.53 Å². The Balaban J connectivity index is 2.20. The Morgan fingerprint density at radius 1 is 1.44 bits per heavy atom. The molecule has 4 nitrogen and oxygen atoms in total. The zero-order valence-electron chi connectivity index (χ0n) is 9.20. The van der Waals surface area contributed by atoms with Gasteiger partial charge in [-0.1, -0.05) is 0 Å². The highest BCUT2D eigenvalue weighted by atomic mass is 19.3. The molecule has 0 aliphatic carbocycles. The van der Waals surface area contributed by atoms with Crippen LogP contribution in [-0.4, -0.2) is 49.6 Å². The van der Waals surface area contributed by atoms with Crippen molar-refractivity contribution in [1.29, 1.82) is 0 Å². The lowest BCUT2D eigenvalue weighted by molar-refractivity contribution is -0.145. The van der Waals surface area contributed by atoms with Crippen molar-refractivity contribution in [3.63, 3.8) is 0 Å². The predicted octanol–water partition coefficient (Wildman–Crippen LogP) is 0.608. The fraction of sp³-hybridized carbons (Fsp3) is 0.900. The van der Waals surface area contributed by atoms with Gasteiger partial charge in [-0.15, -0.1) is 0 Å². The summed E-state index contributed by atoms with van der Waals surface area (Å²) < 4.78 is 29.8. The second-order valence-electron chi connectivity index (χ2n) is 3.84.